The molecule has 0 aliphatic heterocycles. The van der Waals surface area contributed by atoms with Gasteiger partial charge in [-0.2, -0.15) is 0 Å². The molecule has 0 unspecified atom stereocenters. The molecule has 0 aliphatic rings. The van der Waals surface area contributed by atoms with E-state index in [1.165, 1.54) is 6.42 Å². The maximum absolute atomic E-state index is 11.6. The summed E-state index contributed by atoms with van der Waals surface area (Å²) in [5.41, 5.74) is 2.18. The second-order valence-corrected chi connectivity index (χ2v) is 9.00. The molecule has 154 valence electrons. The van der Waals surface area contributed by atoms with Gasteiger partial charge in [0, 0.05) is 24.4 Å². The van der Waals surface area contributed by atoms with Gasteiger partial charge in [0.05, 0.1) is 18.9 Å². The Kier molecular flexibility index (Phi) is 10.9. The Balaban J connectivity index is 2.74. The van der Waals surface area contributed by atoms with Crippen molar-refractivity contribution in [3.05, 3.63) is 29.3 Å². The van der Waals surface area contributed by atoms with Crippen LogP contribution in [0.3, 0.4) is 0 Å². The van der Waals surface area contributed by atoms with Gasteiger partial charge in [0.25, 0.3) is 0 Å². The predicted molar refractivity (Wildman–Crippen MR) is 113 cm³/mol. The molecule has 1 aromatic carbocycles. The third kappa shape index (κ3) is 9.65. The topological polar surface area (TPSA) is 79.8 Å². The molecular formula is C20H35N3O3S. The van der Waals surface area contributed by atoms with Crippen LogP contribution in [0.1, 0.15) is 51.2 Å². The summed E-state index contributed by atoms with van der Waals surface area (Å²) in [5, 5.41) is 6.24. The standard InChI is InChI=1S/C20H35N3O3S/c1-5-8-9-13-26-19-15-17(4)10-11-18(19)16-23-20(21-6-2)22-12-14-27(24,25)7-3/h10-11,15H,5-9,12-14,16H2,1-4H3,(H2,21,22,23). The van der Waals surface area contributed by atoms with Crippen LogP contribution in [-0.2, 0) is 16.4 Å². The first-order valence-electron chi connectivity index (χ1n) is 9.86. The molecule has 0 heterocycles. The highest BCUT2D eigenvalue weighted by Crippen LogP contribution is 2.21. The molecule has 7 heteroatoms. The summed E-state index contributed by atoms with van der Waals surface area (Å²) in [7, 11) is -2.99. The zero-order chi connectivity index (χ0) is 20.1. The van der Waals surface area contributed by atoms with Crippen LogP contribution in [0.2, 0.25) is 0 Å². The van der Waals surface area contributed by atoms with Crippen molar-refractivity contribution in [2.45, 2.75) is 53.5 Å². The molecule has 1 rings (SSSR count). The first-order chi connectivity index (χ1) is 12.9. The Bertz CT molecular complexity index is 688. The number of sulfone groups is 1. The minimum absolute atomic E-state index is 0.101. The highest BCUT2D eigenvalue weighted by atomic mass is 32.2. The van der Waals surface area contributed by atoms with Gasteiger partial charge in [0.15, 0.2) is 15.8 Å². The molecule has 0 fully saturated rings. The molecule has 0 atom stereocenters. The first kappa shape index (κ1) is 23.3. The molecule has 0 amide bonds. The van der Waals surface area contributed by atoms with Gasteiger partial charge in [0.2, 0.25) is 0 Å². The number of benzene rings is 1. The van der Waals surface area contributed by atoms with E-state index in [-0.39, 0.29) is 11.5 Å². The Morgan fingerprint density at radius 1 is 1.15 bits per heavy atom. The van der Waals surface area contributed by atoms with E-state index in [0.717, 1.165) is 29.7 Å². The SMILES string of the molecule is CCCCCOc1cc(C)ccc1CN=C(NCC)NCCS(=O)(=O)CC. The van der Waals surface area contributed by atoms with Crippen LogP contribution in [0.15, 0.2) is 23.2 Å². The number of rotatable bonds is 12. The quantitative estimate of drug-likeness (QED) is 0.322. The summed E-state index contributed by atoms with van der Waals surface area (Å²) in [6, 6.07) is 6.14. The van der Waals surface area contributed by atoms with E-state index in [1.54, 1.807) is 6.92 Å². The Morgan fingerprint density at radius 2 is 1.93 bits per heavy atom. The number of hydrogen-bond acceptors (Lipinski definition) is 4. The van der Waals surface area contributed by atoms with Crippen LogP contribution in [0, 0.1) is 6.92 Å². The van der Waals surface area contributed by atoms with Gasteiger partial charge < -0.3 is 15.4 Å². The molecule has 0 bridgehead atoms. The van der Waals surface area contributed by atoms with Crippen molar-refractivity contribution in [3.8, 4) is 5.75 Å². The molecule has 0 aliphatic carbocycles. The van der Waals surface area contributed by atoms with Crippen LogP contribution in [0.5, 0.6) is 5.75 Å². The third-order valence-electron chi connectivity index (χ3n) is 4.13. The van der Waals surface area contributed by atoms with Gasteiger partial charge in [-0.3, -0.25) is 0 Å². The molecule has 1 aromatic rings. The monoisotopic (exact) mass is 397 g/mol. The fourth-order valence-corrected chi connectivity index (χ4v) is 3.14. The van der Waals surface area contributed by atoms with E-state index in [4.69, 9.17) is 4.74 Å². The average Bonchev–Trinajstić information content (AvgIpc) is 2.64. The normalized spacial score (nSPS) is 12.1. The molecular weight excluding hydrogens is 362 g/mol. The first-order valence-corrected chi connectivity index (χ1v) is 11.7. The molecule has 0 spiro atoms. The fraction of sp³-hybridized carbons (Fsp3) is 0.650. The van der Waals surface area contributed by atoms with Crippen molar-refractivity contribution < 1.29 is 13.2 Å². The second kappa shape index (κ2) is 12.6. The molecule has 0 radical (unpaired) electrons. The van der Waals surface area contributed by atoms with Gasteiger partial charge in [-0.15, -0.1) is 0 Å². The van der Waals surface area contributed by atoms with Crippen molar-refractivity contribution in [1.82, 2.24) is 10.6 Å². The van der Waals surface area contributed by atoms with Crippen LogP contribution in [0.25, 0.3) is 0 Å². The van der Waals surface area contributed by atoms with Crippen molar-refractivity contribution in [1.29, 1.82) is 0 Å². The van der Waals surface area contributed by atoms with Crippen molar-refractivity contribution >= 4 is 15.8 Å². The highest BCUT2D eigenvalue weighted by Gasteiger charge is 2.08. The lowest BCUT2D eigenvalue weighted by molar-refractivity contribution is 0.303. The van der Waals surface area contributed by atoms with E-state index >= 15 is 0 Å². The van der Waals surface area contributed by atoms with Crippen molar-refractivity contribution in [2.24, 2.45) is 4.99 Å². The molecule has 0 aromatic heterocycles. The Hall–Kier alpha value is -1.76. The van der Waals surface area contributed by atoms with Gasteiger partial charge in [-0.25, -0.2) is 13.4 Å². The smallest absolute Gasteiger partial charge is 0.191 e. The average molecular weight is 398 g/mol. The van der Waals surface area contributed by atoms with Gasteiger partial charge in [-0.1, -0.05) is 38.8 Å². The lowest BCUT2D eigenvalue weighted by Crippen LogP contribution is -2.39. The van der Waals surface area contributed by atoms with Gasteiger partial charge in [-0.05, 0) is 31.9 Å². The minimum Gasteiger partial charge on any atom is -0.493 e. The maximum Gasteiger partial charge on any atom is 0.191 e. The predicted octanol–water partition coefficient (Wildman–Crippen LogP) is 3.05. The maximum atomic E-state index is 11.6. The van der Waals surface area contributed by atoms with Crippen molar-refractivity contribution in [2.75, 3.05) is 31.2 Å². The number of aliphatic imine (C=N–C) groups is 1. The zero-order valence-corrected chi connectivity index (χ0v) is 18.0. The highest BCUT2D eigenvalue weighted by molar-refractivity contribution is 7.91. The van der Waals surface area contributed by atoms with Crippen LogP contribution in [0.4, 0.5) is 0 Å². The van der Waals surface area contributed by atoms with Crippen LogP contribution < -0.4 is 15.4 Å². The minimum atomic E-state index is -2.99. The largest absolute Gasteiger partial charge is 0.493 e. The summed E-state index contributed by atoms with van der Waals surface area (Å²) in [6.45, 7) is 10.1. The Labute approximate surface area is 164 Å². The summed E-state index contributed by atoms with van der Waals surface area (Å²) >= 11 is 0. The number of aryl methyl sites for hydroxylation is 1. The number of nitrogens with zero attached hydrogens (tertiary/aromatic N) is 1. The summed E-state index contributed by atoms with van der Waals surface area (Å²) in [5.74, 6) is 1.75. The van der Waals surface area contributed by atoms with E-state index in [0.29, 0.717) is 32.2 Å². The summed E-state index contributed by atoms with van der Waals surface area (Å²) in [4.78, 5) is 4.58. The van der Waals surface area contributed by atoms with E-state index in [1.807, 2.05) is 26.0 Å². The number of nitrogens with one attached hydrogen (secondary N) is 2. The number of guanidine groups is 1. The second-order valence-electron chi connectivity index (χ2n) is 6.53. The van der Waals surface area contributed by atoms with Gasteiger partial charge >= 0.3 is 0 Å². The van der Waals surface area contributed by atoms with Crippen molar-refractivity contribution in [3.63, 3.8) is 0 Å². The number of unbranched alkanes of at least 4 members (excludes halogenated alkanes) is 2. The molecule has 27 heavy (non-hydrogen) atoms. The third-order valence-corrected chi connectivity index (χ3v) is 5.83. The Morgan fingerprint density at radius 3 is 2.59 bits per heavy atom. The lowest BCUT2D eigenvalue weighted by Gasteiger charge is -2.13. The van der Waals surface area contributed by atoms with E-state index < -0.39 is 9.84 Å². The zero-order valence-electron chi connectivity index (χ0n) is 17.2. The number of ether oxygens (including phenoxy) is 1. The summed E-state index contributed by atoms with van der Waals surface area (Å²) < 4.78 is 29.2. The number of hydrogen-bond donors (Lipinski definition) is 2. The van der Waals surface area contributed by atoms with E-state index in [2.05, 4.69) is 28.6 Å². The van der Waals surface area contributed by atoms with E-state index in [9.17, 15) is 8.42 Å². The molecule has 0 saturated carbocycles. The fourth-order valence-electron chi connectivity index (χ4n) is 2.44. The lowest BCUT2D eigenvalue weighted by atomic mass is 10.1. The summed E-state index contributed by atoms with van der Waals surface area (Å²) in [6.07, 6.45) is 3.37. The molecule has 6 nitrogen and oxygen atoms in total. The van der Waals surface area contributed by atoms with Gasteiger partial charge in [0.1, 0.15) is 5.75 Å². The van der Waals surface area contributed by atoms with Crippen LogP contribution >= 0.6 is 0 Å². The molecule has 2 N–H and O–H groups in total. The van der Waals surface area contributed by atoms with Crippen LogP contribution in [-0.4, -0.2) is 45.6 Å². The molecule has 0 saturated heterocycles.